The third kappa shape index (κ3) is 4.00. The molecule has 0 aliphatic rings. The summed E-state index contributed by atoms with van der Waals surface area (Å²) in [4.78, 5) is 12.5. The molecular formula is C22H22ClNO2. The van der Waals surface area contributed by atoms with Crippen molar-refractivity contribution in [2.45, 2.75) is 32.2 Å². The highest BCUT2D eigenvalue weighted by Crippen LogP contribution is 2.36. The van der Waals surface area contributed by atoms with Gasteiger partial charge in [0.15, 0.2) is 0 Å². The molecule has 134 valence electrons. The summed E-state index contributed by atoms with van der Waals surface area (Å²) >= 11 is 6.03. The monoisotopic (exact) mass is 367 g/mol. The highest BCUT2D eigenvalue weighted by atomic mass is 35.5. The SMILES string of the molecule is CCCCC(=O)N[C@@H](c1ccc(Cl)cc1)c1c(O)ccc2ccccc12. The van der Waals surface area contributed by atoms with E-state index < -0.39 is 6.04 Å². The number of fused-ring (bicyclic) bond motifs is 1. The van der Waals surface area contributed by atoms with Gasteiger partial charge in [-0.1, -0.05) is 67.4 Å². The minimum atomic E-state index is -0.442. The van der Waals surface area contributed by atoms with E-state index in [1.807, 2.05) is 42.5 Å². The van der Waals surface area contributed by atoms with Crippen LogP contribution in [0.4, 0.5) is 0 Å². The third-order valence-corrected chi connectivity index (χ3v) is 4.75. The molecule has 0 aliphatic heterocycles. The Balaban J connectivity index is 2.10. The lowest BCUT2D eigenvalue weighted by atomic mass is 9.92. The van der Waals surface area contributed by atoms with Crippen molar-refractivity contribution in [1.82, 2.24) is 5.32 Å². The van der Waals surface area contributed by atoms with E-state index in [9.17, 15) is 9.90 Å². The topological polar surface area (TPSA) is 49.3 Å². The van der Waals surface area contributed by atoms with Gasteiger partial charge in [0.25, 0.3) is 0 Å². The van der Waals surface area contributed by atoms with Gasteiger partial charge in [-0.2, -0.15) is 0 Å². The van der Waals surface area contributed by atoms with Gasteiger partial charge in [-0.3, -0.25) is 4.79 Å². The van der Waals surface area contributed by atoms with Crippen LogP contribution in [0.5, 0.6) is 5.75 Å². The number of halogens is 1. The summed E-state index contributed by atoms with van der Waals surface area (Å²) in [5, 5.41) is 16.3. The minimum Gasteiger partial charge on any atom is -0.508 e. The van der Waals surface area contributed by atoms with Gasteiger partial charge in [0, 0.05) is 17.0 Å². The summed E-state index contributed by atoms with van der Waals surface area (Å²) in [6.45, 7) is 2.06. The molecule has 2 N–H and O–H groups in total. The van der Waals surface area contributed by atoms with E-state index in [0.29, 0.717) is 17.0 Å². The van der Waals surface area contributed by atoms with E-state index >= 15 is 0 Å². The van der Waals surface area contributed by atoms with Crippen molar-refractivity contribution >= 4 is 28.3 Å². The van der Waals surface area contributed by atoms with Crippen molar-refractivity contribution in [3.63, 3.8) is 0 Å². The Morgan fingerprint density at radius 2 is 1.81 bits per heavy atom. The van der Waals surface area contributed by atoms with E-state index in [4.69, 9.17) is 11.6 Å². The Morgan fingerprint density at radius 3 is 2.54 bits per heavy atom. The Kier molecular flexibility index (Phi) is 5.79. The van der Waals surface area contributed by atoms with E-state index in [1.54, 1.807) is 18.2 Å². The number of aromatic hydroxyl groups is 1. The van der Waals surface area contributed by atoms with Crippen LogP contribution >= 0.6 is 11.6 Å². The Hall–Kier alpha value is -2.52. The summed E-state index contributed by atoms with van der Waals surface area (Å²) in [5.41, 5.74) is 1.58. The number of nitrogens with one attached hydrogen (secondary N) is 1. The Morgan fingerprint density at radius 1 is 1.08 bits per heavy atom. The fourth-order valence-corrected chi connectivity index (χ4v) is 3.26. The third-order valence-electron chi connectivity index (χ3n) is 4.50. The zero-order valence-electron chi connectivity index (χ0n) is 14.7. The zero-order valence-corrected chi connectivity index (χ0v) is 15.5. The van der Waals surface area contributed by atoms with Crippen LogP contribution in [-0.4, -0.2) is 11.0 Å². The lowest BCUT2D eigenvalue weighted by Crippen LogP contribution is -2.29. The van der Waals surface area contributed by atoms with Gasteiger partial charge in [-0.05, 0) is 41.0 Å². The number of unbranched alkanes of at least 4 members (excludes halogenated alkanes) is 1. The largest absolute Gasteiger partial charge is 0.508 e. The molecule has 0 aliphatic carbocycles. The highest BCUT2D eigenvalue weighted by Gasteiger charge is 2.22. The minimum absolute atomic E-state index is 0.0286. The molecule has 0 spiro atoms. The molecule has 0 heterocycles. The van der Waals surface area contributed by atoms with Gasteiger partial charge < -0.3 is 10.4 Å². The molecule has 3 aromatic rings. The van der Waals surface area contributed by atoms with Crippen LogP contribution in [0, 0.1) is 0 Å². The zero-order chi connectivity index (χ0) is 18.5. The van der Waals surface area contributed by atoms with Crippen molar-refractivity contribution in [3.8, 4) is 5.75 Å². The van der Waals surface area contributed by atoms with Gasteiger partial charge in [-0.15, -0.1) is 0 Å². The molecule has 0 fully saturated rings. The maximum atomic E-state index is 12.5. The number of hydrogen-bond donors (Lipinski definition) is 2. The molecule has 1 amide bonds. The average molecular weight is 368 g/mol. The first-order valence-corrected chi connectivity index (χ1v) is 9.23. The lowest BCUT2D eigenvalue weighted by molar-refractivity contribution is -0.121. The number of rotatable bonds is 6. The summed E-state index contributed by atoms with van der Waals surface area (Å²) in [6, 6.07) is 18.3. The quantitative estimate of drug-likeness (QED) is 0.596. The van der Waals surface area contributed by atoms with E-state index in [2.05, 4.69) is 12.2 Å². The van der Waals surface area contributed by atoms with Crippen LogP contribution in [0.2, 0.25) is 5.02 Å². The summed E-state index contributed by atoms with van der Waals surface area (Å²) in [7, 11) is 0. The molecule has 26 heavy (non-hydrogen) atoms. The van der Waals surface area contributed by atoms with Gasteiger partial charge in [0.1, 0.15) is 5.75 Å². The first kappa shape index (κ1) is 18.3. The van der Waals surface area contributed by atoms with Gasteiger partial charge in [-0.25, -0.2) is 0 Å². The van der Waals surface area contributed by atoms with E-state index in [-0.39, 0.29) is 11.7 Å². The Bertz CT molecular complexity index is 906. The first-order chi connectivity index (χ1) is 12.6. The van der Waals surface area contributed by atoms with Crippen LogP contribution in [0.3, 0.4) is 0 Å². The number of carbonyl (C=O) groups excluding carboxylic acids is 1. The Labute approximate surface area is 158 Å². The second kappa shape index (κ2) is 8.24. The second-order valence-electron chi connectivity index (χ2n) is 6.38. The molecule has 0 saturated heterocycles. The molecule has 0 saturated carbocycles. The number of phenols is 1. The van der Waals surface area contributed by atoms with Crippen LogP contribution in [0.25, 0.3) is 10.8 Å². The number of hydrogen-bond acceptors (Lipinski definition) is 2. The fourth-order valence-electron chi connectivity index (χ4n) is 3.14. The maximum Gasteiger partial charge on any atom is 0.220 e. The van der Waals surface area contributed by atoms with Crippen molar-refractivity contribution in [2.24, 2.45) is 0 Å². The van der Waals surface area contributed by atoms with Gasteiger partial charge in [0.05, 0.1) is 6.04 Å². The highest BCUT2D eigenvalue weighted by molar-refractivity contribution is 6.30. The predicted molar refractivity (Wildman–Crippen MR) is 107 cm³/mol. The number of benzene rings is 3. The number of carbonyl (C=O) groups is 1. The predicted octanol–water partition coefficient (Wildman–Crippen LogP) is 5.59. The normalized spacial score (nSPS) is 12.1. The average Bonchev–Trinajstić information content (AvgIpc) is 2.65. The molecule has 0 bridgehead atoms. The molecule has 0 unspecified atom stereocenters. The number of amides is 1. The second-order valence-corrected chi connectivity index (χ2v) is 6.81. The molecule has 4 heteroatoms. The van der Waals surface area contributed by atoms with Crippen LogP contribution in [-0.2, 0) is 4.79 Å². The van der Waals surface area contributed by atoms with Crippen LogP contribution in [0.15, 0.2) is 60.7 Å². The van der Waals surface area contributed by atoms with Crippen LogP contribution in [0.1, 0.15) is 43.4 Å². The molecule has 3 aromatic carbocycles. The van der Waals surface area contributed by atoms with Crippen molar-refractivity contribution < 1.29 is 9.90 Å². The summed E-state index contributed by atoms with van der Waals surface area (Å²) in [6.07, 6.45) is 2.26. The molecule has 0 aromatic heterocycles. The van der Waals surface area contributed by atoms with Crippen LogP contribution < -0.4 is 5.32 Å². The number of phenolic OH excluding ortho intramolecular Hbond substituents is 1. The molecule has 1 atom stereocenters. The lowest BCUT2D eigenvalue weighted by Gasteiger charge is -2.23. The fraction of sp³-hybridized carbons (Fsp3) is 0.227. The van der Waals surface area contributed by atoms with Crippen molar-refractivity contribution in [1.29, 1.82) is 0 Å². The summed E-state index contributed by atoms with van der Waals surface area (Å²) in [5.74, 6) is 0.138. The first-order valence-electron chi connectivity index (χ1n) is 8.85. The molecule has 0 radical (unpaired) electrons. The molecule has 3 nitrogen and oxygen atoms in total. The van der Waals surface area contributed by atoms with E-state index in [0.717, 1.165) is 29.2 Å². The molecule has 3 rings (SSSR count). The van der Waals surface area contributed by atoms with Crippen molar-refractivity contribution in [2.75, 3.05) is 0 Å². The smallest absolute Gasteiger partial charge is 0.220 e. The maximum absolute atomic E-state index is 12.5. The van der Waals surface area contributed by atoms with Crippen molar-refractivity contribution in [3.05, 3.63) is 76.8 Å². The standard InChI is InChI=1S/C22H22ClNO2/c1-2-3-8-20(26)24-22(16-9-12-17(23)13-10-16)21-18-7-5-4-6-15(18)11-14-19(21)25/h4-7,9-14,22,25H,2-3,8H2,1H3,(H,24,26)/t22-/m0/s1. The summed E-state index contributed by atoms with van der Waals surface area (Å²) < 4.78 is 0. The molecular weight excluding hydrogens is 346 g/mol. The van der Waals surface area contributed by atoms with Gasteiger partial charge >= 0.3 is 0 Å². The van der Waals surface area contributed by atoms with Gasteiger partial charge in [0.2, 0.25) is 5.91 Å². The van der Waals surface area contributed by atoms with E-state index in [1.165, 1.54) is 0 Å².